The van der Waals surface area contributed by atoms with Gasteiger partial charge in [-0.05, 0) is 29.5 Å². The summed E-state index contributed by atoms with van der Waals surface area (Å²) < 4.78 is 11.6. The van der Waals surface area contributed by atoms with Crippen LogP contribution in [0.2, 0.25) is 0 Å². The molecule has 0 aliphatic rings. The molecule has 0 N–H and O–H groups in total. The molecule has 1 aromatic carbocycles. The average Bonchev–Trinajstić information content (AvgIpc) is 2.90. The van der Waals surface area contributed by atoms with Crippen LogP contribution in [0.15, 0.2) is 29.1 Å². The van der Waals surface area contributed by atoms with Gasteiger partial charge in [0.05, 0.1) is 24.3 Å². The lowest BCUT2D eigenvalue weighted by molar-refractivity contribution is -0.141. The van der Waals surface area contributed by atoms with Crippen molar-refractivity contribution in [2.24, 2.45) is 0 Å². The lowest BCUT2D eigenvalue weighted by Crippen LogP contribution is -2.34. The molecule has 1 aromatic heterocycles. The van der Waals surface area contributed by atoms with Crippen molar-refractivity contribution in [2.45, 2.75) is 39.7 Å². The summed E-state index contributed by atoms with van der Waals surface area (Å²) in [5.74, 6) is -1.14. The summed E-state index contributed by atoms with van der Waals surface area (Å²) in [6.45, 7) is 8.05. The van der Waals surface area contributed by atoms with Crippen molar-refractivity contribution in [3.8, 4) is 0 Å². The molecule has 0 saturated heterocycles. The Kier molecular flexibility index (Phi) is 6.96. The van der Waals surface area contributed by atoms with Gasteiger partial charge in [0.2, 0.25) is 0 Å². The molecule has 6 nitrogen and oxygen atoms in total. The summed E-state index contributed by atoms with van der Waals surface area (Å²) in [6.07, 6.45) is 2.97. The van der Waals surface area contributed by atoms with Crippen LogP contribution < -0.4 is 14.8 Å². The number of methoxy groups -OCH3 is 1. The van der Waals surface area contributed by atoms with Gasteiger partial charge in [-0.3, -0.25) is 14.2 Å². The highest BCUT2D eigenvalue weighted by atomic mass is 32.1. The van der Waals surface area contributed by atoms with Crippen LogP contribution in [0.1, 0.15) is 38.8 Å². The Bertz CT molecular complexity index is 1020. The molecule has 0 spiro atoms. The number of carbonyl (C=O) groups is 2. The Morgan fingerprint density at radius 2 is 1.82 bits per heavy atom. The normalized spacial score (nSPS) is 12.9. The third-order valence-corrected chi connectivity index (χ3v) is 5.11. The first-order chi connectivity index (χ1) is 13.2. The maximum absolute atomic E-state index is 12.8. The number of ether oxygens (including phenoxy) is 2. The molecular weight excluding hydrogens is 378 g/mol. The van der Waals surface area contributed by atoms with Gasteiger partial charge in [0.15, 0.2) is 0 Å². The van der Waals surface area contributed by atoms with Crippen molar-refractivity contribution in [1.29, 1.82) is 0 Å². The van der Waals surface area contributed by atoms with Crippen LogP contribution in [-0.4, -0.2) is 30.2 Å². The number of nitrogens with zero attached hydrogens (tertiary/aromatic N) is 1. The number of hydrogen-bond acceptors (Lipinski definition) is 6. The zero-order valence-electron chi connectivity index (χ0n) is 16.8. The molecule has 2 rings (SSSR count). The van der Waals surface area contributed by atoms with E-state index in [1.807, 2.05) is 24.3 Å². The predicted molar refractivity (Wildman–Crippen MR) is 110 cm³/mol. The number of carbonyl (C=O) groups excluding carboxylic acids is 2. The Morgan fingerprint density at radius 3 is 2.36 bits per heavy atom. The van der Waals surface area contributed by atoms with Gasteiger partial charge in [0.1, 0.15) is 11.2 Å². The van der Waals surface area contributed by atoms with E-state index in [1.54, 1.807) is 13.0 Å². The number of benzene rings is 1. The van der Waals surface area contributed by atoms with Gasteiger partial charge in [-0.25, -0.2) is 4.79 Å². The molecule has 28 heavy (non-hydrogen) atoms. The van der Waals surface area contributed by atoms with Crippen molar-refractivity contribution < 1.29 is 19.1 Å². The fourth-order valence-electron chi connectivity index (χ4n) is 2.50. The molecule has 7 heteroatoms. The van der Waals surface area contributed by atoms with Crippen molar-refractivity contribution in [1.82, 2.24) is 4.57 Å². The average molecular weight is 404 g/mol. The molecule has 0 aliphatic carbocycles. The monoisotopic (exact) mass is 403 g/mol. The van der Waals surface area contributed by atoms with Crippen molar-refractivity contribution >= 4 is 35.4 Å². The van der Waals surface area contributed by atoms with E-state index in [0.717, 1.165) is 16.9 Å². The fraction of sp³-hybridized carbons (Fsp3) is 0.381. The number of rotatable bonds is 5. The minimum Gasteiger partial charge on any atom is -0.468 e. The summed E-state index contributed by atoms with van der Waals surface area (Å²) >= 11 is 1.13. The molecule has 0 saturated carbocycles. The standard InChI is InChI=1S/C21H25NO5S/c1-6-27-18(23)12-17-22(13-19(24)26-5)20(25)16(28-17)11-14-7-9-15(10-8-14)21(2,3)4/h7-12H,6,13H2,1-5H3/b16-11-,17-12-. The molecule has 0 radical (unpaired) electrons. The van der Waals surface area contributed by atoms with Gasteiger partial charge in [-0.2, -0.15) is 0 Å². The quantitative estimate of drug-likeness (QED) is 0.708. The Hall–Kier alpha value is -2.67. The number of aromatic nitrogens is 1. The van der Waals surface area contributed by atoms with E-state index >= 15 is 0 Å². The molecule has 2 aromatic rings. The molecule has 0 fully saturated rings. The van der Waals surface area contributed by atoms with Crippen LogP contribution in [0.4, 0.5) is 0 Å². The highest BCUT2D eigenvalue weighted by Gasteiger charge is 2.13. The zero-order valence-corrected chi connectivity index (χ0v) is 17.6. The van der Waals surface area contributed by atoms with Gasteiger partial charge in [-0.15, -0.1) is 11.3 Å². The molecular formula is C21H25NO5S. The van der Waals surface area contributed by atoms with E-state index in [2.05, 4.69) is 25.5 Å². The smallest absolute Gasteiger partial charge is 0.333 e. The molecule has 0 unspecified atom stereocenters. The van der Waals surface area contributed by atoms with E-state index < -0.39 is 11.9 Å². The van der Waals surface area contributed by atoms with Crippen LogP contribution in [0.3, 0.4) is 0 Å². The Morgan fingerprint density at radius 1 is 1.18 bits per heavy atom. The fourth-order valence-corrected chi connectivity index (χ4v) is 3.53. The van der Waals surface area contributed by atoms with Crippen LogP contribution in [0.5, 0.6) is 0 Å². The number of thiazole rings is 1. The summed E-state index contributed by atoms with van der Waals surface area (Å²) in [7, 11) is 1.25. The highest BCUT2D eigenvalue weighted by molar-refractivity contribution is 7.07. The van der Waals surface area contributed by atoms with Crippen LogP contribution >= 0.6 is 11.3 Å². The number of esters is 2. The zero-order chi connectivity index (χ0) is 20.9. The van der Waals surface area contributed by atoms with E-state index in [4.69, 9.17) is 4.74 Å². The first-order valence-corrected chi connectivity index (χ1v) is 9.74. The van der Waals surface area contributed by atoms with E-state index in [0.29, 0.717) is 9.20 Å². The summed E-state index contributed by atoms with van der Waals surface area (Å²) in [4.78, 5) is 36.3. The topological polar surface area (TPSA) is 74.6 Å². The number of hydrogen-bond donors (Lipinski definition) is 0. The van der Waals surface area contributed by atoms with Gasteiger partial charge >= 0.3 is 11.9 Å². The van der Waals surface area contributed by atoms with Crippen molar-refractivity contribution in [3.63, 3.8) is 0 Å². The third-order valence-electron chi connectivity index (χ3n) is 4.05. The maximum atomic E-state index is 12.8. The van der Waals surface area contributed by atoms with E-state index in [9.17, 15) is 14.4 Å². The second-order valence-electron chi connectivity index (χ2n) is 7.18. The molecule has 150 valence electrons. The Labute approximate surface area is 167 Å². The molecule has 1 heterocycles. The van der Waals surface area contributed by atoms with Crippen LogP contribution in [-0.2, 0) is 31.0 Å². The van der Waals surface area contributed by atoms with E-state index in [-0.39, 0.29) is 24.1 Å². The summed E-state index contributed by atoms with van der Waals surface area (Å²) in [5, 5.41) is 0. The molecule has 0 amide bonds. The van der Waals surface area contributed by atoms with Crippen molar-refractivity contribution in [2.75, 3.05) is 13.7 Å². The van der Waals surface area contributed by atoms with Gasteiger partial charge < -0.3 is 9.47 Å². The second-order valence-corrected chi connectivity index (χ2v) is 8.25. The molecule has 0 atom stereocenters. The second kappa shape index (κ2) is 9.01. The van der Waals surface area contributed by atoms with E-state index in [1.165, 1.54) is 23.3 Å². The lowest BCUT2D eigenvalue weighted by atomic mass is 9.87. The minimum atomic E-state index is -0.570. The van der Waals surface area contributed by atoms with Crippen LogP contribution in [0, 0.1) is 0 Å². The van der Waals surface area contributed by atoms with Gasteiger partial charge in [-0.1, -0.05) is 45.0 Å². The predicted octanol–water partition coefficient (Wildman–Crippen LogP) is 1.55. The third kappa shape index (κ3) is 5.42. The SMILES string of the molecule is CCOC(=O)/C=c1\s/c(=C\c2ccc(C(C)(C)C)cc2)c(=O)n1CC(=O)OC. The largest absolute Gasteiger partial charge is 0.468 e. The van der Waals surface area contributed by atoms with Crippen LogP contribution in [0.25, 0.3) is 12.2 Å². The van der Waals surface area contributed by atoms with Gasteiger partial charge in [0.25, 0.3) is 5.56 Å². The molecule has 0 bridgehead atoms. The minimum absolute atomic E-state index is 0.0382. The van der Waals surface area contributed by atoms with Gasteiger partial charge in [0, 0.05) is 0 Å². The highest BCUT2D eigenvalue weighted by Crippen LogP contribution is 2.22. The Balaban J connectivity index is 2.55. The van der Waals surface area contributed by atoms with Crippen molar-refractivity contribution in [3.05, 3.63) is 54.9 Å². The lowest BCUT2D eigenvalue weighted by Gasteiger charge is -2.18. The maximum Gasteiger partial charge on any atom is 0.333 e. The molecule has 0 aliphatic heterocycles. The first kappa shape index (κ1) is 21.6. The summed E-state index contributed by atoms with van der Waals surface area (Å²) in [6, 6.07) is 7.94. The summed E-state index contributed by atoms with van der Waals surface area (Å²) in [5.41, 5.74) is 1.73. The first-order valence-electron chi connectivity index (χ1n) is 8.93.